The minimum Gasteiger partial charge on any atom is -0.501 e. The maximum atomic E-state index is 10.3. The average molecular weight is 300 g/mol. The quantitative estimate of drug-likeness (QED) is 0.578. The number of aromatic hydroxyl groups is 1. The van der Waals surface area contributed by atoms with Crippen LogP contribution in [0.1, 0.15) is 0 Å². The molecular formula is C19H14N3O+. The van der Waals surface area contributed by atoms with Crippen LogP contribution in [-0.2, 0) is 0 Å². The molecule has 4 nitrogen and oxygen atoms in total. The Hall–Kier alpha value is -3.27. The summed E-state index contributed by atoms with van der Waals surface area (Å²) in [5.41, 5.74) is 3.96. The fourth-order valence-electron chi connectivity index (χ4n) is 2.53. The highest BCUT2D eigenvalue weighted by atomic mass is 16.3. The first-order valence-electron chi connectivity index (χ1n) is 7.35. The van der Waals surface area contributed by atoms with Crippen molar-refractivity contribution in [1.82, 2.24) is 10.1 Å². The van der Waals surface area contributed by atoms with Crippen molar-refractivity contribution in [3.63, 3.8) is 0 Å². The Morgan fingerprint density at radius 1 is 0.739 bits per heavy atom. The second kappa shape index (κ2) is 5.50. The van der Waals surface area contributed by atoms with Crippen LogP contribution in [0.3, 0.4) is 0 Å². The predicted molar refractivity (Wildman–Crippen MR) is 87.7 cm³/mol. The number of rotatable bonds is 2. The van der Waals surface area contributed by atoms with E-state index >= 15 is 0 Å². The van der Waals surface area contributed by atoms with E-state index in [0.717, 1.165) is 16.8 Å². The molecule has 110 valence electrons. The Labute approximate surface area is 133 Å². The molecule has 2 aromatic carbocycles. The van der Waals surface area contributed by atoms with Crippen molar-refractivity contribution in [1.29, 1.82) is 0 Å². The van der Waals surface area contributed by atoms with Crippen molar-refractivity contribution >= 4 is 5.65 Å². The highest BCUT2D eigenvalue weighted by molar-refractivity contribution is 5.66. The number of nitrogens with zero attached hydrogens (tertiary/aromatic N) is 3. The smallest absolute Gasteiger partial charge is 0.349 e. The third kappa shape index (κ3) is 2.51. The number of aromatic nitrogens is 3. The van der Waals surface area contributed by atoms with E-state index in [-0.39, 0.29) is 5.75 Å². The molecular weight excluding hydrogens is 286 g/mol. The molecule has 1 N–H and O–H groups in total. The van der Waals surface area contributed by atoms with Gasteiger partial charge in [-0.25, -0.2) is 0 Å². The molecule has 0 aliphatic heterocycles. The third-order valence-corrected chi connectivity index (χ3v) is 3.67. The summed E-state index contributed by atoms with van der Waals surface area (Å²) in [7, 11) is 0. The molecule has 0 spiro atoms. The van der Waals surface area contributed by atoms with Crippen LogP contribution < -0.4 is 4.52 Å². The van der Waals surface area contributed by atoms with Crippen LogP contribution in [0.5, 0.6) is 5.75 Å². The van der Waals surface area contributed by atoms with Gasteiger partial charge in [0, 0.05) is 17.2 Å². The molecule has 2 heterocycles. The van der Waals surface area contributed by atoms with Gasteiger partial charge < -0.3 is 5.11 Å². The van der Waals surface area contributed by atoms with Crippen LogP contribution in [-0.4, -0.2) is 15.2 Å². The maximum absolute atomic E-state index is 10.3. The first-order valence-corrected chi connectivity index (χ1v) is 7.35. The molecule has 4 aromatic rings. The van der Waals surface area contributed by atoms with Gasteiger partial charge in [-0.2, -0.15) is 0 Å². The van der Waals surface area contributed by atoms with Gasteiger partial charge in [0.2, 0.25) is 11.4 Å². The monoisotopic (exact) mass is 300 g/mol. The second-order valence-corrected chi connectivity index (χ2v) is 5.23. The molecule has 0 saturated heterocycles. The number of hydrogen-bond donors (Lipinski definition) is 1. The Morgan fingerprint density at radius 2 is 1.39 bits per heavy atom. The SMILES string of the molecule is Oc1c[n+]2nc(-c3ccccc3)ccc2nc1-c1ccccc1. The lowest BCUT2D eigenvalue weighted by Crippen LogP contribution is -2.28. The molecule has 0 amide bonds. The number of fused-ring (bicyclic) bond motifs is 1. The lowest BCUT2D eigenvalue weighted by atomic mass is 10.1. The minimum atomic E-state index is 0.103. The van der Waals surface area contributed by atoms with Crippen molar-refractivity contribution < 1.29 is 9.62 Å². The largest absolute Gasteiger partial charge is 0.501 e. The van der Waals surface area contributed by atoms with Gasteiger partial charge in [-0.05, 0) is 11.1 Å². The number of hydrogen-bond acceptors (Lipinski definition) is 3. The molecule has 0 aliphatic carbocycles. The van der Waals surface area contributed by atoms with Gasteiger partial charge in [0.15, 0.2) is 6.20 Å². The second-order valence-electron chi connectivity index (χ2n) is 5.23. The van der Waals surface area contributed by atoms with E-state index in [1.165, 1.54) is 0 Å². The molecule has 0 saturated carbocycles. The highest BCUT2D eigenvalue weighted by Crippen LogP contribution is 2.25. The molecule has 2 aromatic heterocycles. The summed E-state index contributed by atoms with van der Waals surface area (Å²) in [6.07, 6.45) is 1.59. The first kappa shape index (κ1) is 13.4. The van der Waals surface area contributed by atoms with Crippen LogP contribution in [0.4, 0.5) is 0 Å². The van der Waals surface area contributed by atoms with E-state index in [2.05, 4.69) is 10.1 Å². The first-order chi connectivity index (χ1) is 11.3. The number of benzene rings is 2. The molecule has 23 heavy (non-hydrogen) atoms. The Morgan fingerprint density at radius 3 is 2.09 bits per heavy atom. The van der Waals surface area contributed by atoms with E-state index in [1.807, 2.05) is 72.8 Å². The van der Waals surface area contributed by atoms with Crippen molar-refractivity contribution in [2.24, 2.45) is 0 Å². The van der Waals surface area contributed by atoms with Gasteiger partial charge >= 0.3 is 5.65 Å². The van der Waals surface area contributed by atoms with Crippen LogP contribution in [0, 0.1) is 0 Å². The van der Waals surface area contributed by atoms with Gasteiger partial charge in [0.05, 0.1) is 0 Å². The summed E-state index contributed by atoms with van der Waals surface area (Å²) in [5.74, 6) is 0.103. The normalized spacial score (nSPS) is 10.8. The van der Waals surface area contributed by atoms with Crippen molar-refractivity contribution in [3.8, 4) is 28.3 Å². The minimum absolute atomic E-state index is 0.103. The van der Waals surface area contributed by atoms with Gasteiger partial charge in [-0.15, -0.1) is 0 Å². The molecule has 0 unspecified atom stereocenters. The summed E-state index contributed by atoms with van der Waals surface area (Å²) in [4.78, 5) is 4.53. The Balaban J connectivity index is 1.86. The summed E-state index contributed by atoms with van der Waals surface area (Å²) in [6, 6.07) is 23.4. The summed E-state index contributed by atoms with van der Waals surface area (Å²) in [6.45, 7) is 0. The molecule has 0 aliphatic rings. The van der Waals surface area contributed by atoms with Crippen molar-refractivity contribution in [2.75, 3.05) is 0 Å². The summed E-state index contributed by atoms with van der Waals surface area (Å²) in [5, 5.41) is 14.8. The van der Waals surface area contributed by atoms with E-state index in [0.29, 0.717) is 11.3 Å². The van der Waals surface area contributed by atoms with Crippen LogP contribution in [0.15, 0.2) is 79.0 Å². The van der Waals surface area contributed by atoms with Crippen molar-refractivity contribution in [3.05, 3.63) is 79.0 Å². The van der Waals surface area contributed by atoms with Crippen LogP contribution in [0.25, 0.3) is 28.2 Å². The lowest BCUT2D eigenvalue weighted by Gasteiger charge is -2.01. The van der Waals surface area contributed by atoms with Gasteiger partial charge in [-0.1, -0.05) is 70.3 Å². The summed E-state index contributed by atoms with van der Waals surface area (Å²) < 4.78 is 1.60. The molecule has 4 rings (SSSR count). The lowest BCUT2D eigenvalue weighted by molar-refractivity contribution is -0.582. The Bertz CT molecular complexity index is 970. The zero-order valence-electron chi connectivity index (χ0n) is 12.3. The fraction of sp³-hybridized carbons (Fsp3) is 0. The zero-order chi connectivity index (χ0) is 15.6. The topological polar surface area (TPSA) is 50.1 Å². The maximum Gasteiger partial charge on any atom is 0.349 e. The molecule has 0 atom stereocenters. The average Bonchev–Trinajstić information content (AvgIpc) is 2.62. The molecule has 0 fully saturated rings. The zero-order valence-corrected chi connectivity index (χ0v) is 12.3. The predicted octanol–water partition coefficient (Wildman–Crippen LogP) is 3.25. The fourth-order valence-corrected chi connectivity index (χ4v) is 2.53. The van der Waals surface area contributed by atoms with Crippen LogP contribution in [0.2, 0.25) is 0 Å². The van der Waals surface area contributed by atoms with Crippen LogP contribution >= 0.6 is 0 Å². The highest BCUT2D eigenvalue weighted by Gasteiger charge is 2.17. The van der Waals surface area contributed by atoms with E-state index in [4.69, 9.17) is 0 Å². The van der Waals surface area contributed by atoms with E-state index < -0.39 is 0 Å². The van der Waals surface area contributed by atoms with Gasteiger partial charge in [-0.3, -0.25) is 0 Å². The van der Waals surface area contributed by atoms with Crippen molar-refractivity contribution in [2.45, 2.75) is 0 Å². The molecule has 4 heteroatoms. The molecule has 0 bridgehead atoms. The molecule has 0 radical (unpaired) electrons. The van der Waals surface area contributed by atoms with E-state index in [9.17, 15) is 5.11 Å². The Kier molecular flexibility index (Phi) is 3.20. The summed E-state index contributed by atoms with van der Waals surface area (Å²) >= 11 is 0. The third-order valence-electron chi connectivity index (χ3n) is 3.67. The van der Waals surface area contributed by atoms with Gasteiger partial charge in [0.25, 0.3) is 0 Å². The van der Waals surface area contributed by atoms with Gasteiger partial charge in [0.1, 0.15) is 5.69 Å². The van der Waals surface area contributed by atoms with E-state index in [1.54, 1.807) is 10.7 Å². The standard InChI is InChI=1S/C19H13N3O/c23-17-13-22-18(20-19(17)15-9-5-2-6-10-15)12-11-16(21-22)14-7-3-1-4-8-14/h1-13H/p+1.